The zero-order valence-corrected chi connectivity index (χ0v) is 34.1. The fraction of sp³-hybridized carbons (Fsp3) is 0.477. The summed E-state index contributed by atoms with van der Waals surface area (Å²) in [7, 11) is 0. The van der Waals surface area contributed by atoms with Gasteiger partial charge in [0.1, 0.15) is 17.6 Å². The van der Waals surface area contributed by atoms with Crippen molar-refractivity contribution in [3.63, 3.8) is 0 Å². The van der Waals surface area contributed by atoms with Crippen LogP contribution in [-0.2, 0) is 34.3 Å². The number of nitrogens with zero attached hydrogens (tertiary/aromatic N) is 2. The Bertz CT molecular complexity index is 1930. The van der Waals surface area contributed by atoms with Gasteiger partial charge in [-0.3, -0.25) is 24.0 Å². The molecule has 0 bridgehead atoms. The lowest BCUT2D eigenvalue weighted by Gasteiger charge is -2.40. The number of aryl methyl sites for hydroxylation is 1. The van der Waals surface area contributed by atoms with E-state index in [-0.39, 0.29) is 19.4 Å². The average molecular weight is 825 g/mol. The molecule has 10 nitrogen and oxygen atoms in total. The normalized spacial score (nSPS) is 17.2. The molecule has 2 aliphatic rings. The highest BCUT2D eigenvalue weighted by Gasteiger charge is 2.52. The van der Waals surface area contributed by atoms with E-state index in [1.54, 1.807) is 49.9 Å². The summed E-state index contributed by atoms with van der Waals surface area (Å²) in [5.74, 6) is -5.73. The third-order valence-electron chi connectivity index (χ3n) is 11.0. The summed E-state index contributed by atoms with van der Waals surface area (Å²) < 4.78 is 47.1. The second kappa shape index (κ2) is 18.8. The zero-order valence-electron chi connectivity index (χ0n) is 33.4. The summed E-state index contributed by atoms with van der Waals surface area (Å²) in [6.45, 7) is 7.85. The fourth-order valence-electron chi connectivity index (χ4n) is 8.20. The van der Waals surface area contributed by atoms with E-state index in [1.165, 1.54) is 4.90 Å². The Balaban J connectivity index is 1.52. The van der Waals surface area contributed by atoms with Crippen molar-refractivity contribution in [2.24, 2.45) is 5.92 Å². The van der Waals surface area contributed by atoms with Crippen LogP contribution < -0.4 is 10.6 Å². The molecule has 1 heterocycles. The van der Waals surface area contributed by atoms with E-state index < -0.39 is 71.3 Å². The Hall–Kier alpha value is -4.91. The number of hydrogen-bond donors (Lipinski definition) is 2. The zero-order chi connectivity index (χ0) is 42.3. The van der Waals surface area contributed by atoms with Crippen LogP contribution in [0.5, 0.6) is 0 Å². The third-order valence-corrected chi connectivity index (χ3v) is 11.3. The maximum atomic E-state index is 14.5. The predicted octanol–water partition coefficient (Wildman–Crippen LogP) is 7.24. The average Bonchev–Trinajstić information content (AvgIpc) is 3.90. The molecule has 1 saturated heterocycles. The molecule has 1 aliphatic carbocycles. The van der Waals surface area contributed by atoms with Gasteiger partial charge in [0.15, 0.2) is 5.60 Å². The number of ether oxygens (including phenoxy) is 1. The van der Waals surface area contributed by atoms with Gasteiger partial charge in [0.2, 0.25) is 17.7 Å². The van der Waals surface area contributed by atoms with Gasteiger partial charge in [0.05, 0.1) is 6.42 Å². The van der Waals surface area contributed by atoms with Gasteiger partial charge in [0.25, 0.3) is 0 Å². The first kappa shape index (κ1) is 44.2. The van der Waals surface area contributed by atoms with Gasteiger partial charge in [-0.25, -0.2) is 0 Å². The molecule has 312 valence electrons. The Kier molecular flexibility index (Phi) is 14.3. The minimum Gasteiger partial charge on any atom is -0.444 e. The van der Waals surface area contributed by atoms with Crippen molar-refractivity contribution in [3.05, 3.63) is 106 Å². The van der Waals surface area contributed by atoms with E-state index in [0.29, 0.717) is 54.1 Å². The molecule has 2 fully saturated rings. The van der Waals surface area contributed by atoms with Gasteiger partial charge in [-0.1, -0.05) is 124 Å². The molecular weight excluding hydrogens is 773 g/mol. The molecule has 3 atom stereocenters. The highest BCUT2D eigenvalue weighted by molar-refractivity contribution is 6.31. The van der Waals surface area contributed by atoms with Crippen molar-refractivity contribution >= 4 is 41.2 Å². The Labute approximate surface area is 342 Å². The van der Waals surface area contributed by atoms with Crippen LogP contribution in [0, 0.1) is 12.8 Å². The van der Waals surface area contributed by atoms with Crippen molar-refractivity contribution in [3.8, 4) is 0 Å². The lowest BCUT2D eigenvalue weighted by Crippen LogP contribution is -2.65. The van der Waals surface area contributed by atoms with Crippen LogP contribution in [0.2, 0.25) is 5.02 Å². The summed E-state index contributed by atoms with van der Waals surface area (Å²) in [6, 6.07) is 20.8. The molecule has 3 aromatic rings. The van der Waals surface area contributed by atoms with Crippen LogP contribution in [0.1, 0.15) is 94.4 Å². The van der Waals surface area contributed by atoms with Crippen LogP contribution in [0.25, 0.3) is 0 Å². The van der Waals surface area contributed by atoms with Gasteiger partial charge in [-0.2, -0.15) is 13.2 Å². The molecular formula is C44H52ClF3N4O6. The van der Waals surface area contributed by atoms with E-state index in [0.717, 1.165) is 18.4 Å². The SMILES string of the molecule is CCCN(C(=O)C1(NC(=O)C(F)(F)F)CCCC1)[C@H](C(=O)N[C@@H](CC(=O)OC(c1ccccc1)(c1ccc(C)cc1)c1ccccc1Cl)C(=O)N1CCCC1)C(C)C. The number of likely N-dealkylation sites (tertiary alicyclic amines) is 1. The van der Waals surface area contributed by atoms with Crippen molar-refractivity contribution in [1.82, 2.24) is 20.4 Å². The molecule has 2 N–H and O–H groups in total. The molecule has 58 heavy (non-hydrogen) atoms. The first-order valence-corrected chi connectivity index (χ1v) is 20.3. The highest BCUT2D eigenvalue weighted by Crippen LogP contribution is 2.44. The molecule has 0 aromatic heterocycles. The van der Waals surface area contributed by atoms with Crippen LogP contribution in [0.3, 0.4) is 0 Å². The Morgan fingerprint density at radius 1 is 0.862 bits per heavy atom. The largest absolute Gasteiger partial charge is 0.471 e. The topological polar surface area (TPSA) is 125 Å². The predicted molar refractivity (Wildman–Crippen MR) is 213 cm³/mol. The number of amides is 4. The number of esters is 1. The summed E-state index contributed by atoms with van der Waals surface area (Å²) in [6.07, 6.45) is -3.27. The summed E-state index contributed by atoms with van der Waals surface area (Å²) in [5.41, 5.74) is -0.843. The number of alkyl halides is 3. The minimum absolute atomic E-state index is 0.0144. The molecule has 1 saturated carbocycles. The molecule has 14 heteroatoms. The quantitative estimate of drug-likeness (QED) is 0.123. The number of benzene rings is 3. The van der Waals surface area contributed by atoms with Crippen LogP contribution in [0.15, 0.2) is 78.9 Å². The molecule has 4 amide bonds. The number of rotatable bonds is 15. The van der Waals surface area contributed by atoms with E-state index in [9.17, 15) is 37.1 Å². The minimum atomic E-state index is -5.22. The van der Waals surface area contributed by atoms with Crippen molar-refractivity contribution in [1.29, 1.82) is 0 Å². The van der Waals surface area contributed by atoms with E-state index in [1.807, 2.05) is 66.8 Å². The second-order valence-corrected chi connectivity index (χ2v) is 16.0. The molecule has 5 rings (SSSR count). The number of halogens is 4. The first-order valence-electron chi connectivity index (χ1n) is 19.9. The van der Waals surface area contributed by atoms with E-state index in [4.69, 9.17) is 16.3 Å². The van der Waals surface area contributed by atoms with Crippen molar-refractivity contribution in [2.45, 2.75) is 108 Å². The van der Waals surface area contributed by atoms with Crippen LogP contribution >= 0.6 is 11.6 Å². The van der Waals surface area contributed by atoms with Gasteiger partial charge in [-0.15, -0.1) is 0 Å². The fourth-order valence-corrected chi connectivity index (χ4v) is 8.47. The van der Waals surface area contributed by atoms with Gasteiger partial charge >= 0.3 is 18.1 Å². The summed E-state index contributed by atoms with van der Waals surface area (Å²) in [4.78, 5) is 72.7. The molecule has 0 spiro atoms. The van der Waals surface area contributed by atoms with Crippen molar-refractivity contribution < 1.29 is 41.9 Å². The number of nitrogens with one attached hydrogen (secondary N) is 2. The number of hydrogen-bond acceptors (Lipinski definition) is 6. The third kappa shape index (κ3) is 9.68. The number of carbonyl (C=O) groups excluding carboxylic acids is 5. The van der Waals surface area contributed by atoms with Gasteiger partial charge in [0, 0.05) is 41.3 Å². The Morgan fingerprint density at radius 2 is 1.45 bits per heavy atom. The highest BCUT2D eigenvalue weighted by atomic mass is 35.5. The molecule has 3 aromatic carbocycles. The van der Waals surface area contributed by atoms with E-state index >= 15 is 0 Å². The summed E-state index contributed by atoms with van der Waals surface area (Å²) in [5, 5.41) is 5.07. The monoisotopic (exact) mass is 824 g/mol. The summed E-state index contributed by atoms with van der Waals surface area (Å²) >= 11 is 6.87. The lowest BCUT2D eigenvalue weighted by molar-refractivity contribution is -0.177. The smallest absolute Gasteiger partial charge is 0.444 e. The maximum Gasteiger partial charge on any atom is 0.471 e. The lowest BCUT2D eigenvalue weighted by atomic mass is 9.79. The van der Waals surface area contributed by atoms with Crippen molar-refractivity contribution in [2.75, 3.05) is 19.6 Å². The Morgan fingerprint density at radius 3 is 2.02 bits per heavy atom. The first-order chi connectivity index (χ1) is 27.5. The standard InChI is InChI=1S/C44H52ClF3N4O6/c1-5-25-52(41(57)42(23-11-12-24-42)50-40(56)44(46,47)48)37(29(2)3)38(54)49-35(39(55)51-26-13-14-27-51)28-36(53)58-43(31-15-7-6-8-16-31,32-21-19-30(4)20-22-32)33-17-9-10-18-34(33)45/h6-10,15-22,29,35,37H,5,11-14,23-28H2,1-4H3,(H,49,54)(H,50,56)/t35-,37-,43?/m0/s1. The second-order valence-electron chi connectivity index (χ2n) is 15.6. The van der Waals surface area contributed by atoms with Crippen LogP contribution in [-0.4, -0.2) is 82.8 Å². The van der Waals surface area contributed by atoms with Gasteiger partial charge in [-0.05, 0) is 51.0 Å². The molecule has 0 radical (unpaired) electrons. The maximum absolute atomic E-state index is 14.5. The number of carbonyl (C=O) groups is 5. The van der Waals surface area contributed by atoms with Crippen LogP contribution in [0.4, 0.5) is 13.2 Å². The molecule has 1 unspecified atom stereocenters. The van der Waals surface area contributed by atoms with E-state index in [2.05, 4.69) is 5.32 Å². The molecule has 1 aliphatic heterocycles. The van der Waals surface area contributed by atoms with Gasteiger partial charge < -0.3 is 25.2 Å².